The number of aryl methyl sites for hydroxylation is 1. The van der Waals surface area contributed by atoms with Crippen molar-refractivity contribution in [1.29, 1.82) is 0 Å². The number of phenols is 1. The zero-order chi connectivity index (χ0) is 13.7. The molecule has 0 spiro atoms. The smallest absolute Gasteiger partial charge is 0.253 e. The first-order chi connectivity index (χ1) is 8.45. The molecular formula is C13H18ClNO3. The summed E-state index contributed by atoms with van der Waals surface area (Å²) in [5.41, 5.74) is 1.21. The van der Waals surface area contributed by atoms with E-state index in [9.17, 15) is 9.90 Å². The Bertz CT molecular complexity index is 423. The van der Waals surface area contributed by atoms with Gasteiger partial charge in [-0.15, -0.1) is 11.6 Å². The van der Waals surface area contributed by atoms with Crippen LogP contribution < -0.4 is 0 Å². The monoisotopic (exact) mass is 271 g/mol. The highest BCUT2D eigenvalue weighted by Gasteiger charge is 2.16. The van der Waals surface area contributed by atoms with Gasteiger partial charge in [0, 0.05) is 26.3 Å². The number of hydrogen-bond acceptors (Lipinski definition) is 3. The van der Waals surface area contributed by atoms with Gasteiger partial charge in [-0.2, -0.15) is 0 Å². The van der Waals surface area contributed by atoms with Crippen molar-refractivity contribution in [3.63, 3.8) is 0 Å². The summed E-state index contributed by atoms with van der Waals surface area (Å²) in [4.78, 5) is 13.6. The first kappa shape index (κ1) is 14.8. The summed E-state index contributed by atoms with van der Waals surface area (Å²) in [7, 11) is 3.26. The van der Waals surface area contributed by atoms with Gasteiger partial charge in [-0.1, -0.05) is 0 Å². The molecule has 1 rings (SSSR count). The molecule has 0 aliphatic heterocycles. The lowest BCUT2D eigenvalue weighted by atomic mass is 10.1. The molecule has 1 amide bonds. The van der Waals surface area contributed by atoms with Crippen molar-refractivity contribution in [1.82, 2.24) is 4.90 Å². The van der Waals surface area contributed by atoms with Crippen LogP contribution >= 0.6 is 11.6 Å². The van der Waals surface area contributed by atoms with Crippen LogP contribution in [0, 0.1) is 6.92 Å². The molecule has 0 aliphatic carbocycles. The number of rotatable bonds is 5. The van der Waals surface area contributed by atoms with Crippen LogP contribution in [-0.4, -0.2) is 48.6 Å². The third-order valence-electron chi connectivity index (χ3n) is 2.61. The maximum Gasteiger partial charge on any atom is 0.253 e. The minimum Gasteiger partial charge on any atom is -0.508 e. The van der Waals surface area contributed by atoms with E-state index in [-0.39, 0.29) is 17.0 Å². The van der Waals surface area contributed by atoms with Gasteiger partial charge in [0.2, 0.25) is 0 Å². The van der Waals surface area contributed by atoms with Crippen molar-refractivity contribution in [2.75, 3.05) is 27.3 Å². The highest BCUT2D eigenvalue weighted by atomic mass is 35.5. The number of halogens is 1. The normalized spacial score (nSPS) is 12.2. The van der Waals surface area contributed by atoms with Crippen molar-refractivity contribution in [2.24, 2.45) is 0 Å². The maximum atomic E-state index is 12.1. The highest BCUT2D eigenvalue weighted by molar-refractivity contribution is 6.21. The first-order valence-electron chi connectivity index (χ1n) is 5.63. The van der Waals surface area contributed by atoms with E-state index in [1.165, 1.54) is 6.07 Å². The number of amides is 1. The Morgan fingerprint density at radius 3 is 2.78 bits per heavy atom. The lowest BCUT2D eigenvalue weighted by Crippen LogP contribution is -2.33. The summed E-state index contributed by atoms with van der Waals surface area (Å²) < 4.78 is 4.92. The molecule has 0 saturated carbocycles. The number of carbonyl (C=O) groups is 1. The van der Waals surface area contributed by atoms with Crippen LogP contribution in [0.1, 0.15) is 15.9 Å². The van der Waals surface area contributed by atoms with Gasteiger partial charge in [0.25, 0.3) is 5.91 Å². The van der Waals surface area contributed by atoms with Gasteiger partial charge in [-0.3, -0.25) is 4.79 Å². The Morgan fingerprint density at radius 2 is 2.22 bits per heavy atom. The Morgan fingerprint density at radius 1 is 1.56 bits per heavy atom. The molecule has 1 atom stereocenters. The molecule has 4 nitrogen and oxygen atoms in total. The number of benzene rings is 1. The zero-order valence-corrected chi connectivity index (χ0v) is 11.6. The molecule has 1 unspecified atom stereocenters. The average Bonchev–Trinajstić information content (AvgIpc) is 2.32. The fourth-order valence-electron chi connectivity index (χ4n) is 1.62. The second kappa shape index (κ2) is 6.61. The van der Waals surface area contributed by atoms with E-state index in [0.29, 0.717) is 24.3 Å². The SMILES string of the molecule is COCC(Cl)CN(C)C(=O)c1ccc(O)c(C)c1. The molecule has 0 aromatic heterocycles. The molecule has 0 bridgehead atoms. The molecule has 0 heterocycles. The average molecular weight is 272 g/mol. The predicted octanol–water partition coefficient (Wildman–Crippen LogP) is 2.03. The third kappa shape index (κ3) is 3.89. The zero-order valence-electron chi connectivity index (χ0n) is 10.8. The largest absolute Gasteiger partial charge is 0.508 e. The van der Waals surface area contributed by atoms with Crippen molar-refractivity contribution >= 4 is 17.5 Å². The van der Waals surface area contributed by atoms with Crippen molar-refractivity contribution < 1.29 is 14.6 Å². The Kier molecular flexibility index (Phi) is 5.44. The molecular weight excluding hydrogens is 254 g/mol. The van der Waals surface area contributed by atoms with Gasteiger partial charge >= 0.3 is 0 Å². The van der Waals surface area contributed by atoms with E-state index in [1.807, 2.05) is 0 Å². The van der Waals surface area contributed by atoms with Crippen LogP contribution in [0.4, 0.5) is 0 Å². The molecule has 0 radical (unpaired) electrons. The summed E-state index contributed by atoms with van der Waals surface area (Å²) in [5, 5.41) is 9.18. The number of nitrogens with zero attached hydrogens (tertiary/aromatic N) is 1. The maximum absolute atomic E-state index is 12.1. The fourth-order valence-corrected chi connectivity index (χ4v) is 1.96. The van der Waals surface area contributed by atoms with Gasteiger partial charge < -0.3 is 14.7 Å². The number of alkyl halides is 1. The van der Waals surface area contributed by atoms with Crippen LogP contribution in [0.25, 0.3) is 0 Å². The lowest BCUT2D eigenvalue weighted by Gasteiger charge is -2.20. The quantitative estimate of drug-likeness (QED) is 0.834. The molecule has 18 heavy (non-hydrogen) atoms. The van der Waals surface area contributed by atoms with Gasteiger partial charge in [0.1, 0.15) is 5.75 Å². The van der Waals surface area contributed by atoms with Crippen molar-refractivity contribution in [3.05, 3.63) is 29.3 Å². The Hall–Kier alpha value is -1.26. The summed E-state index contributed by atoms with van der Waals surface area (Å²) in [6.07, 6.45) is 0. The lowest BCUT2D eigenvalue weighted by molar-refractivity contribution is 0.0781. The molecule has 0 aliphatic rings. The van der Waals surface area contributed by atoms with Crippen molar-refractivity contribution in [2.45, 2.75) is 12.3 Å². The van der Waals surface area contributed by atoms with Crippen LogP contribution in [0.2, 0.25) is 0 Å². The van der Waals surface area contributed by atoms with Crippen LogP contribution in [0.15, 0.2) is 18.2 Å². The Balaban J connectivity index is 2.71. The van der Waals surface area contributed by atoms with E-state index in [1.54, 1.807) is 38.1 Å². The van der Waals surface area contributed by atoms with E-state index < -0.39 is 0 Å². The van der Waals surface area contributed by atoms with Gasteiger partial charge in [0.15, 0.2) is 0 Å². The molecule has 100 valence electrons. The topological polar surface area (TPSA) is 49.8 Å². The number of methoxy groups -OCH3 is 1. The summed E-state index contributed by atoms with van der Waals surface area (Å²) in [6.45, 7) is 2.56. The predicted molar refractivity (Wildman–Crippen MR) is 71.3 cm³/mol. The van der Waals surface area contributed by atoms with E-state index in [0.717, 1.165) is 0 Å². The summed E-state index contributed by atoms with van der Waals surface area (Å²) in [5.74, 6) is 0.0589. The number of phenolic OH excluding ortho intramolecular Hbond substituents is 1. The summed E-state index contributed by atoms with van der Waals surface area (Å²) >= 11 is 6.00. The van der Waals surface area contributed by atoms with Crippen molar-refractivity contribution in [3.8, 4) is 5.75 Å². The van der Waals surface area contributed by atoms with Gasteiger partial charge in [0.05, 0.1) is 12.0 Å². The molecule has 1 aromatic rings. The first-order valence-corrected chi connectivity index (χ1v) is 6.07. The van der Waals surface area contributed by atoms with Crippen LogP contribution in [0.3, 0.4) is 0 Å². The molecule has 1 aromatic carbocycles. The van der Waals surface area contributed by atoms with E-state index in [2.05, 4.69) is 0 Å². The number of hydrogen-bond donors (Lipinski definition) is 1. The van der Waals surface area contributed by atoms with Gasteiger partial charge in [-0.25, -0.2) is 0 Å². The highest BCUT2D eigenvalue weighted by Crippen LogP contribution is 2.18. The number of ether oxygens (including phenoxy) is 1. The summed E-state index contributed by atoms with van der Waals surface area (Å²) in [6, 6.07) is 4.78. The molecule has 1 N–H and O–H groups in total. The minimum atomic E-state index is -0.234. The second-order valence-electron chi connectivity index (χ2n) is 4.24. The van der Waals surface area contributed by atoms with Gasteiger partial charge in [-0.05, 0) is 30.7 Å². The van der Waals surface area contributed by atoms with E-state index >= 15 is 0 Å². The third-order valence-corrected chi connectivity index (χ3v) is 2.87. The molecule has 0 saturated heterocycles. The number of carbonyl (C=O) groups excluding carboxylic acids is 1. The molecule has 0 fully saturated rings. The fraction of sp³-hybridized carbons (Fsp3) is 0.462. The second-order valence-corrected chi connectivity index (χ2v) is 4.86. The molecule has 5 heteroatoms. The van der Waals surface area contributed by atoms with E-state index in [4.69, 9.17) is 16.3 Å². The van der Waals surface area contributed by atoms with Crippen LogP contribution in [0.5, 0.6) is 5.75 Å². The number of aromatic hydroxyl groups is 1. The minimum absolute atomic E-state index is 0.125. The van der Waals surface area contributed by atoms with Crippen LogP contribution in [-0.2, 0) is 4.74 Å². The Labute approximate surface area is 112 Å². The standard InChI is InChI=1S/C13H18ClNO3/c1-9-6-10(4-5-12(9)16)13(17)15(2)7-11(14)8-18-3/h4-6,11,16H,7-8H2,1-3H3.